The van der Waals surface area contributed by atoms with E-state index >= 15 is 0 Å². The van der Waals surface area contributed by atoms with Gasteiger partial charge in [0.25, 0.3) is 0 Å². The lowest BCUT2D eigenvalue weighted by molar-refractivity contribution is -0.323. The third-order valence-electron chi connectivity index (χ3n) is 9.69. The van der Waals surface area contributed by atoms with Crippen molar-refractivity contribution in [1.29, 1.82) is 0 Å². The smallest absolute Gasteiger partial charge is 0.187 e. The Morgan fingerprint density at radius 2 is 1.28 bits per heavy atom. The summed E-state index contributed by atoms with van der Waals surface area (Å²) in [5, 5.41) is 39.7. The lowest BCUT2D eigenvalue weighted by Crippen LogP contribution is -2.60. The number of ether oxygens (including phenoxy) is 2. The molecule has 0 saturated carbocycles. The zero-order valence-corrected chi connectivity index (χ0v) is 33.6. The van der Waals surface area contributed by atoms with Crippen LogP contribution in [-0.2, 0) is 9.47 Å². The quantitative estimate of drug-likeness (QED) is 0.111. The number of hydrogen-bond donors (Lipinski definition) is 4. The van der Waals surface area contributed by atoms with Crippen molar-refractivity contribution in [3.05, 3.63) is 130 Å². The van der Waals surface area contributed by atoms with Gasteiger partial charge in [0.05, 0.1) is 12.2 Å². The number of rotatable bonds is 17. The van der Waals surface area contributed by atoms with E-state index in [1.54, 1.807) is 0 Å². The van der Waals surface area contributed by atoms with Crippen LogP contribution in [-0.4, -0.2) is 63.3 Å². The lowest BCUT2D eigenvalue weighted by atomic mass is 9.72. The van der Waals surface area contributed by atoms with E-state index in [-0.39, 0.29) is 12.8 Å². The Balaban J connectivity index is 0.0000140. The van der Waals surface area contributed by atoms with Crippen LogP contribution in [0.15, 0.2) is 130 Å². The molecule has 296 valence electrons. The van der Waals surface area contributed by atoms with Crippen molar-refractivity contribution < 1.29 is 29.9 Å². The molecule has 0 amide bonds. The van der Waals surface area contributed by atoms with Gasteiger partial charge in [0, 0.05) is 0 Å². The minimum Gasteiger partial charge on any atom is -0.394 e. The highest BCUT2D eigenvalue weighted by molar-refractivity contribution is 5.37. The van der Waals surface area contributed by atoms with E-state index in [1.165, 1.54) is 47.1 Å². The first-order valence-electron chi connectivity index (χ1n) is 18.9. The molecule has 2 rings (SSSR count). The van der Waals surface area contributed by atoms with Crippen LogP contribution >= 0.6 is 0 Å². The molecule has 0 bridgehead atoms. The fourth-order valence-corrected chi connectivity index (χ4v) is 6.34. The second kappa shape index (κ2) is 23.6. The van der Waals surface area contributed by atoms with Gasteiger partial charge in [-0.15, -0.1) is 0 Å². The molecule has 6 heteroatoms. The minimum atomic E-state index is -1.45. The molecule has 1 heterocycles. The summed E-state index contributed by atoms with van der Waals surface area (Å²) in [4.78, 5) is 0. The molecule has 0 aromatic rings. The molecule has 0 aromatic heterocycles. The molecule has 1 fully saturated rings. The third kappa shape index (κ3) is 17.7. The predicted molar refractivity (Wildman–Crippen MR) is 224 cm³/mol. The maximum Gasteiger partial charge on any atom is 0.187 e. The van der Waals surface area contributed by atoms with E-state index in [2.05, 4.69) is 147 Å². The second-order valence-electron chi connectivity index (χ2n) is 15.8. The van der Waals surface area contributed by atoms with Crippen molar-refractivity contribution in [2.45, 2.75) is 151 Å². The van der Waals surface area contributed by atoms with Crippen molar-refractivity contribution in [3.63, 3.8) is 0 Å². The standard InChI is InChI=1S/C46H68O6.CH4/c1-33(18-11-12-19-34(2)21-15-25-37(5)28-29-39-38(6)27-17-30-45(39,7)8)20-13-22-35(3)23-14-24-36(4)26-16-31-46(9,10)52-44-43(50)42(49)41(48)40(32-47)51-44;/h11-15,18-25,28-29,40-44,47-50H,16-17,26-27,30-32H2,1-10H3;1H4/b12-11+,20-13+,21-15+,23-14+,29-28+,33-18+,34-19+,35-22+,36-24+,37-25+;/t40-,41-,42?,43?,44+;/m1./s1. The number of aliphatic hydroxyl groups is 4. The van der Waals surface area contributed by atoms with Gasteiger partial charge in [-0.25, -0.2) is 0 Å². The molecule has 0 aromatic carbocycles. The van der Waals surface area contributed by atoms with E-state index in [0.29, 0.717) is 6.42 Å². The average Bonchev–Trinajstić information content (AvgIpc) is 3.06. The van der Waals surface area contributed by atoms with E-state index in [0.717, 1.165) is 24.0 Å². The first-order valence-corrected chi connectivity index (χ1v) is 18.9. The maximum atomic E-state index is 10.3. The Bertz CT molecular complexity index is 1480. The summed E-state index contributed by atoms with van der Waals surface area (Å²) in [5.74, 6) is 0. The normalized spacial score (nSPS) is 25.9. The van der Waals surface area contributed by atoms with Gasteiger partial charge in [-0.1, -0.05) is 146 Å². The number of allylic oxidation sites excluding steroid dienone is 22. The molecule has 1 aliphatic carbocycles. The fraction of sp³-hybridized carbons (Fsp3) is 0.532. The molecule has 0 spiro atoms. The highest BCUT2D eigenvalue weighted by atomic mass is 16.7. The number of aliphatic hydroxyl groups excluding tert-OH is 4. The molecule has 6 nitrogen and oxygen atoms in total. The van der Waals surface area contributed by atoms with Crippen molar-refractivity contribution in [2.75, 3.05) is 6.61 Å². The second-order valence-corrected chi connectivity index (χ2v) is 15.8. The van der Waals surface area contributed by atoms with Gasteiger partial charge < -0.3 is 29.9 Å². The molecular formula is C47H72O6. The molecule has 4 N–H and O–H groups in total. The van der Waals surface area contributed by atoms with E-state index < -0.39 is 42.9 Å². The zero-order chi connectivity index (χ0) is 38.9. The summed E-state index contributed by atoms with van der Waals surface area (Å²) in [6.07, 6.45) is 31.7. The van der Waals surface area contributed by atoms with Crippen LogP contribution in [0.5, 0.6) is 0 Å². The molecule has 2 unspecified atom stereocenters. The molecule has 5 atom stereocenters. The Labute approximate surface area is 322 Å². The molecular weight excluding hydrogens is 661 g/mol. The molecule has 0 radical (unpaired) electrons. The third-order valence-corrected chi connectivity index (χ3v) is 9.69. The Hall–Kier alpha value is -3.10. The maximum absolute atomic E-state index is 10.3. The largest absolute Gasteiger partial charge is 0.394 e. The zero-order valence-electron chi connectivity index (χ0n) is 33.6. The van der Waals surface area contributed by atoms with Crippen molar-refractivity contribution in [2.24, 2.45) is 5.41 Å². The van der Waals surface area contributed by atoms with Crippen LogP contribution in [0.4, 0.5) is 0 Å². The molecule has 2 aliphatic rings. The first kappa shape index (κ1) is 47.9. The molecule has 1 saturated heterocycles. The SMILES string of the molecule is C.CC1=C(/C=C/C(C)=C/C=C/C(C)=C/C=C/C=C(C)/C=C/C=C(C)/C=C/C=C(\C)CCCC(C)(C)O[C@@H]2O[C@H](CO)[C@@H](O)C(O)C2O)C(C)(C)CCC1. The van der Waals surface area contributed by atoms with Gasteiger partial charge in [0.2, 0.25) is 0 Å². The van der Waals surface area contributed by atoms with E-state index in [1.807, 2.05) is 13.8 Å². The van der Waals surface area contributed by atoms with Gasteiger partial charge in [-0.3, -0.25) is 0 Å². The average molecular weight is 733 g/mol. The Kier molecular flexibility index (Phi) is 21.4. The highest BCUT2D eigenvalue weighted by Crippen LogP contribution is 2.40. The fourth-order valence-electron chi connectivity index (χ4n) is 6.34. The topological polar surface area (TPSA) is 99.4 Å². The highest BCUT2D eigenvalue weighted by Gasteiger charge is 2.45. The summed E-state index contributed by atoms with van der Waals surface area (Å²) in [7, 11) is 0. The van der Waals surface area contributed by atoms with Gasteiger partial charge in [-0.05, 0) is 105 Å². The summed E-state index contributed by atoms with van der Waals surface area (Å²) in [6.45, 7) is 20.8. The van der Waals surface area contributed by atoms with Crippen LogP contribution < -0.4 is 0 Å². The van der Waals surface area contributed by atoms with Crippen molar-refractivity contribution >= 4 is 0 Å². The van der Waals surface area contributed by atoms with Crippen molar-refractivity contribution in [1.82, 2.24) is 0 Å². The Morgan fingerprint density at radius 3 is 1.81 bits per heavy atom. The van der Waals surface area contributed by atoms with Gasteiger partial charge in [0.15, 0.2) is 6.29 Å². The van der Waals surface area contributed by atoms with Gasteiger partial charge >= 0.3 is 0 Å². The summed E-state index contributed by atoms with van der Waals surface area (Å²) < 4.78 is 11.5. The monoisotopic (exact) mass is 733 g/mol. The lowest BCUT2D eigenvalue weighted by Gasteiger charge is -2.42. The summed E-state index contributed by atoms with van der Waals surface area (Å²) >= 11 is 0. The van der Waals surface area contributed by atoms with Crippen LogP contribution in [0, 0.1) is 5.41 Å². The minimum absolute atomic E-state index is 0. The van der Waals surface area contributed by atoms with Crippen molar-refractivity contribution in [3.8, 4) is 0 Å². The molecule has 53 heavy (non-hydrogen) atoms. The van der Waals surface area contributed by atoms with Gasteiger partial charge in [-0.2, -0.15) is 0 Å². The van der Waals surface area contributed by atoms with E-state index in [9.17, 15) is 20.4 Å². The van der Waals surface area contributed by atoms with Gasteiger partial charge in [0.1, 0.15) is 24.4 Å². The van der Waals surface area contributed by atoms with E-state index in [4.69, 9.17) is 9.47 Å². The predicted octanol–water partition coefficient (Wildman–Crippen LogP) is 10.4. The Morgan fingerprint density at radius 1 is 0.774 bits per heavy atom. The number of hydrogen-bond acceptors (Lipinski definition) is 6. The first-order chi connectivity index (χ1) is 24.5. The van der Waals surface area contributed by atoms with Crippen LogP contribution in [0.2, 0.25) is 0 Å². The van der Waals surface area contributed by atoms with Crippen LogP contribution in [0.3, 0.4) is 0 Å². The molecule has 1 aliphatic heterocycles. The summed E-state index contributed by atoms with van der Waals surface area (Å²) in [5.41, 5.74) is 8.64. The van der Waals surface area contributed by atoms with Crippen LogP contribution in [0.1, 0.15) is 115 Å². The van der Waals surface area contributed by atoms with Crippen LogP contribution in [0.25, 0.3) is 0 Å². The summed E-state index contributed by atoms with van der Waals surface area (Å²) in [6, 6.07) is 0.